The van der Waals surface area contributed by atoms with Crippen molar-refractivity contribution in [3.05, 3.63) is 41.5 Å². The lowest BCUT2D eigenvalue weighted by Crippen LogP contribution is -2.38. The summed E-state index contributed by atoms with van der Waals surface area (Å²) in [5, 5.41) is 2.73. The van der Waals surface area contributed by atoms with Gasteiger partial charge in [-0.25, -0.2) is 0 Å². The van der Waals surface area contributed by atoms with Crippen molar-refractivity contribution in [2.75, 3.05) is 18.5 Å². The molecular weight excluding hydrogens is 268 g/mol. The number of hydrogen-bond donors (Lipinski definition) is 1. The number of aromatic amines is 1. The summed E-state index contributed by atoms with van der Waals surface area (Å²) >= 11 is 0. The van der Waals surface area contributed by atoms with Crippen molar-refractivity contribution in [3.63, 3.8) is 0 Å². The van der Waals surface area contributed by atoms with E-state index in [9.17, 15) is 0 Å². The zero-order valence-electron chi connectivity index (χ0n) is 14.0. The van der Waals surface area contributed by atoms with Crippen molar-refractivity contribution in [2.45, 2.75) is 33.6 Å². The number of benzene rings is 2. The zero-order valence-corrected chi connectivity index (χ0v) is 14.0. The third-order valence-corrected chi connectivity index (χ3v) is 5.04. The van der Waals surface area contributed by atoms with E-state index in [0.717, 1.165) is 19.4 Å². The molecule has 0 aliphatic carbocycles. The fraction of sp³-hybridized carbons (Fsp3) is 0.400. The molecule has 0 atom stereocenters. The smallest absolute Gasteiger partial charge is 0.0518 e. The van der Waals surface area contributed by atoms with Crippen LogP contribution in [0.15, 0.2) is 30.3 Å². The average Bonchev–Trinajstić information content (AvgIpc) is 2.84. The summed E-state index contributed by atoms with van der Waals surface area (Å²) in [4.78, 5) is 6.15. The van der Waals surface area contributed by atoms with Gasteiger partial charge in [0.15, 0.2) is 0 Å². The Balaban J connectivity index is 2.13. The molecule has 4 rings (SSSR count). The third kappa shape index (κ3) is 1.86. The maximum Gasteiger partial charge on any atom is 0.0518 e. The second kappa shape index (κ2) is 4.52. The van der Waals surface area contributed by atoms with Gasteiger partial charge in [-0.2, -0.15) is 0 Å². The van der Waals surface area contributed by atoms with Crippen LogP contribution in [0.5, 0.6) is 0 Å². The van der Waals surface area contributed by atoms with Crippen LogP contribution in [-0.4, -0.2) is 18.6 Å². The Bertz CT molecular complexity index is 870. The van der Waals surface area contributed by atoms with E-state index >= 15 is 0 Å². The molecule has 2 heteroatoms. The first kappa shape index (κ1) is 13.7. The first-order valence-electron chi connectivity index (χ1n) is 8.26. The molecule has 1 aliphatic rings. The van der Waals surface area contributed by atoms with Crippen molar-refractivity contribution >= 4 is 27.5 Å². The van der Waals surface area contributed by atoms with Crippen LogP contribution in [0.2, 0.25) is 0 Å². The van der Waals surface area contributed by atoms with Gasteiger partial charge in [-0.05, 0) is 36.0 Å². The standard InChI is InChI=1S/C20H24N2/c1-5-13-10-15-14-8-6-7-9-17(14)21-18(15)16-11-20(2,3)12-22(4)19(13)16/h6-10,21H,5,11-12H2,1-4H3. The maximum absolute atomic E-state index is 3.69. The van der Waals surface area contributed by atoms with Crippen LogP contribution in [-0.2, 0) is 12.8 Å². The summed E-state index contributed by atoms with van der Waals surface area (Å²) in [5.74, 6) is 0. The molecule has 0 bridgehead atoms. The minimum absolute atomic E-state index is 0.318. The largest absolute Gasteiger partial charge is 0.374 e. The Morgan fingerprint density at radius 1 is 1.18 bits per heavy atom. The van der Waals surface area contributed by atoms with Gasteiger partial charge < -0.3 is 9.88 Å². The van der Waals surface area contributed by atoms with E-state index in [1.165, 1.54) is 38.6 Å². The molecule has 2 aromatic carbocycles. The number of para-hydroxylation sites is 1. The summed E-state index contributed by atoms with van der Waals surface area (Å²) in [6.07, 6.45) is 2.23. The molecule has 0 amide bonds. The molecule has 1 aromatic heterocycles. The molecule has 0 saturated carbocycles. The van der Waals surface area contributed by atoms with Gasteiger partial charge in [0.1, 0.15) is 0 Å². The Kier molecular flexibility index (Phi) is 2.81. The van der Waals surface area contributed by atoms with E-state index < -0.39 is 0 Å². The molecule has 1 aliphatic heterocycles. The van der Waals surface area contributed by atoms with Gasteiger partial charge in [-0.15, -0.1) is 0 Å². The van der Waals surface area contributed by atoms with E-state index in [1.54, 1.807) is 0 Å². The quantitative estimate of drug-likeness (QED) is 0.675. The fourth-order valence-electron chi connectivity index (χ4n) is 4.28. The van der Waals surface area contributed by atoms with Crippen molar-refractivity contribution in [2.24, 2.45) is 5.41 Å². The van der Waals surface area contributed by atoms with Gasteiger partial charge in [-0.3, -0.25) is 0 Å². The lowest BCUT2D eigenvalue weighted by atomic mass is 9.79. The number of hydrogen-bond acceptors (Lipinski definition) is 1. The van der Waals surface area contributed by atoms with E-state index in [0.29, 0.717) is 5.41 Å². The normalized spacial score (nSPS) is 17.2. The van der Waals surface area contributed by atoms with Gasteiger partial charge in [0, 0.05) is 41.1 Å². The van der Waals surface area contributed by atoms with E-state index in [2.05, 4.69) is 68.0 Å². The first-order chi connectivity index (χ1) is 10.5. The Morgan fingerprint density at radius 3 is 2.73 bits per heavy atom. The summed E-state index contributed by atoms with van der Waals surface area (Å²) in [7, 11) is 2.24. The summed E-state index contributed by atoms with van der Waals surface area (Å²) in [6, 6.07) is 11.1. The molecule has 0 radical (unpaired) electrons. The minimum atomic E-state index is 0.318. The van der Waals surface area contributed by atoms with Crippen LogP contribution in [0.1, 0.15) is 31.9 Å². The zero-order chi connectivity index (χ0) is 15.5. The molecular formula is C20H24N2. The molecule has 2 heterocycles. The van der Waals surface area contributed by atoms with Gasteiger partial charge in [-0.1, -0.05) is 39.0 Å². The molecule has 22 heavy (non-hydrogen) atoms. The predicted molar refractivity (Wildman–Crippen MR) is 95.9 cm³/mol. The lowest BCUT2D eigenvalue weighted by Gasteiger charge is -2.40. The van der Waals surface area contributed by atoms with Crippen molar-refractivity contribution in [1.29, 1.82) is 0 Å². The lowest BCUT2D eigenvalue weighted by molar-refractivity contribution is 0.356. The fourth-order valence-corrected chi connectivity index (χ4v) is 4.28. The van der Waals surface area contributed by atoms with Gasteiger partial charge in [0.25, 0.3) is 0 Å². The third-order valence-electron chi connectivity index (χ3n) is 5.04. The maximum atomic E-state index is 3.69. The highest BCUT2D eigenvalue weighted by molar-refractivity contribution is 6.10. The van der Waals surface area contributed by atoms with Gasteiger partial charge in [0.05, 0.1) is 5.52 Å². The molecule has 0 saturated heterocycles. The van der Waals surface area contributed by atoms with Crippen molar-refractivity contribution in [1.82, 2.24) is 4.98 Å². The van der Waals surface area contributed by atoms with Crippen LogP contribution in [0.25, 0.3) is 21.8 Å². The SMILES string of the molecule is CCc1cc2c([nH]c3ccccc32)c2c1N(C)CC(C)(C)C2. The summed E-state index contributed by atoms with van der Waals surface area (Å²) in [6.45, 7) is 8.14. The van der Waals surface area contributed by atoms with E-state index in [4.69, 9.17) is 0 Å². The number of aromatic nitrogens is 1. The number of anilines is 1. The molecule has 0 spiro atoms. The van der Waals surface area contributed by atoms with Gasteiger partial charge >= 0.3 is 0 Å². The first-order valence-corrected chi connectivity index (χ1v) is 8.26. The number of aryl methyl sites for hydroxylation is 1. The molecule has 0 fully saturated rings. The van der Waals surface area contributed by atoms with Crippen LogP contribution in [0.4, 0.5) is 5.69 Å². The monoisotopic (exact) mass is 292 g/mol. The van der Waals surface area contributed by atoms with Crippen molar-refractivity contribution in [3.8, 4) is 0 Å². The average molecular weight is 292 g/mol. The number of H-pyrrole nitrogens is 1. The molecule has 114 valence electrons. The molecule has 3 aromatic rings. The van der Waals surface area contributed by atoms with Crippen molar-refractivity contribution < 1.29 is 0 Å². The Hall–Kier alpha value is -1.96. The van der Waals surface area contributed by atoms with Crippen LogP contribution in [0.3, 0.4) is 0 Å². The second-order valence-corrected chi connectivity index (χ2v) is 7.51. The summed E-state index contributed by atoms with van der Waals surface area (Å²) in [5.41, 5.74) is 7.35. The number of nitrogens with one attached hydrogen (secondary N) is 1. The number of rotatable bonds is 1. The topological polar surface area (TPSA) is 19.0 Å². The highest BCUT2D eigenvalue weighted by Crippen LogP contribution is 2.43. The molecule has 1 N–H and O–H groups in total. The van der Waals surface area contributed by atoms with E-state index in [-0.39, 0.29) is 0 Å². The Morgan fingerprint density at radius 2 is 1.95 bits per heavy atom. The molecule has 2 nitrogen and oxygen atoms in total. The number of nitrogens with zero attached hydrogens (tertiary/aromatic N) is 1. The van der Waals surface area contributed by atoms with Crippen LogP contribution >= 0.6 is 0 Å². The highest BCUT2D eigenvalue weighted by Gasteiger charge is 2.31. The Labute approximate surface area is 132 Å². The number of fused-ring (bicyclic) bond motifs is 5. The minimum Gasteiger partial charge on any atom is -0.374 e. The van der Waals surface area contributed by atoms with Crippen LogP contribution in [0, 0.1) is 5.41 Å². The highest BCUT2D eigenvalue weighted by atomic mass is 15.1. The second-order valence-electron chi connectivity index (χ2n) is 7.51. The predicted octanol–water partition coefficient (Wildman–Crippen LogP) is 4.90. The van der Waals surface area contributed by atoms with Crippen LogP contribution < -0.4 is 4.90 Å². The van der Waals surface area contributed by atoms with E-state index in [1.807, 2.05) is 0 Å². The van der Waals surface area contributed by atoms with Gasteiger partial charge in [0.2, 0.25) is 0 Å². The molecule has 0 unspecified atom stereocenters. The summed E-state index contributed by atoms with van der Waals surface area (Å²) < 4.78 is 0.